The van der Waals surface area contributed by atoms with Crippen molar-refractivity contribution in [3.8, 4) is 6.07 Å². The fourth-order valence-corrected chi connectivity index (χ4v) is 2.17. The molecule has 13 heavy (non-hydrogen) atoms. The lowest BCUT2D eigenvalue weighted by molar-refractivity contribution is 0.556. The molecule has 1 unspecified atom stereocenters. The van der Waals surface area contributed by atoms with E-state index in [0.717, 1.165) is 13.0 Å². The summed E-state index contributed by atoms with van der Waals surface area (Å²) < 4.78 is 25.2. The number of sulfonamides is 1. The minimum Gasteiger partial charge on any atom is -0.315 e. The summed E-state index contributed by atoms with van der Waals surface area (Å²) in [5.41, 5.74) is 0. The van der Waals surface area contributed by atoms with Crippen molar-refractivity contribution in [1.29, 1.82) is 5.26 Å². The number of nitriles is 1. The third-order valence-electron chi connectivity index (χ3n) is 2.04. The molecule has 1 aliphatic heterocycles. The molecule has 2 N–H and O–H groups in total. The van der Waals surface area contributed by atoms with E-state index < -0.39 is 15.3 Å². The van der Waals surface area contributed by atoms with Gasteiger partial charge in [0.25, 0.3) is 0 Å². The SMILES string of the molecule is CC(C#N)S(=O)(=O)N[C@H]1CCNC1. The molecule has 0 aliphatic carbocycles. The molecule has 0 radical (unpaired) electrons. The van der Waals surface area contributed by atoms with E-state index >= 15 is 0 Å². The first-order valence-corrected chi connectivity index (χ1v) is 5.72. The lowest BCUT2D eigenvalue weighted by atomic mass is 10.3. The van der Waals surface area contributed by atoms with Crippen LogP contribution in [0.25, 0.3) is 0 Å². The highest BCUT2D eigenvalue weighted by Crippen LogP contribution is 2.03. The predicted molar refractivity (Wildman–Crippen MR) is 48.4 cm³/mol. The molecule has 1 rings (SSSR count). The molecule has 1 fully saturated rings. The van der Waals surface area contributed by atoms with E-state index in [1.54, 1.807) is 6.07 Å². The first-order valence-electron chi connectivity index (χ1n) is 4.18. The van der Waals surface area contributed by atoms with Crippen LogP contribution in [0, 0.1) is 11.3 Å². The summed E-state index contributed by atoms with van der Waals surface area (Å²) in [6, 6.07) is 1.65. The molecule has 74 valence electrons. The van der Waals surface area contributed by atoms with Gasteiger partial charge in [0.2, 0.25) is 10.0 Å². The molecule has 0 aromatic carbocycles. The van der Waals surface area contributed by atoms with Crippen molar-refractivity contribution in [3.05, 3.63) is 0 Å². The largest absolute Gasteiger partial charge is 0.315 e. The minimum absolute atomic E-state index is 0.0548. The summed E-state index contributed by atoms with van der Waals surface area (Å²) in [7, 11) is -3.44. The first kappa shape index (κ1) is 10.4. The van der Waals surface area contributed by atoms with Crippen LogP contribution in [-0.4, -0.2) is 32.8 Å². The zero-order valence-electron chi connectivity index (χ0n) is 7.45. The molecular weight excluding hydrogens is 190 g/mol. The van der Waals surface area contributed by atoms with Crippen LogP contribution in [-0.2, 0) is 10.0 Å². The maximum Gasteiger partial charge on any atom is 0.227 e. The van der Waals surface area contributed by atoms with Gasteiger partial charge in [-0.2, -0.15) is 5.26 Å². The Labute approximate surface area is 78.2 Å². The van der Waals surface area contributed by atoms with E-state index in [0.29, 0.717) is 6.54 Å². The fraction of sp³-hybridized carbons (Fsp3) is 0.857. The van der Waals surface area contributed by atoms with Gasteiger partial charge < -0.3 is 5.32 Å². The average molecular weight is 203 g/mol. The van der Waals surface area contributed by atoms with Gasteiger partial charge in [0, 0.05) is 12.6 Å². The highest BCUT2D eigenvalue weighted by molar-refractivity contribution is 7.90. The fourth-order valence-electron chi connectivity index (χ4n) is 1.16. The van der Waals surface area contributed by atoms with E-state index in [-0.39, 0.29) is 6.04 Å². The van der Waals surface area contributed by atoms with Crippen LogP contribution in [0.15, 0.2) is 0 Å². The second-order valence-electron chi connectivity index (χ2n) is 3.12. The van der Waals surface area contributed by atoms with Gasteiger partial charge in [-0.05, 0) is 19.9 Å². The zero-order chi connectivity index (χ0) is 9.90. The van der Waals surface area contributed by atoms with E-state index in [1.807, 2.05) is 0 Å². The van der Waals surface area contributed by atoms with Crippen LogP contribution in [0.5, 0.6) is 0 Å². The Hall–Kier alpha value is -0.640. The van der Waals surface area contributed by atoms with Crippen molar-refractivity contribution in [2.45, 2.75) is 24.6 Å². The second kappa shape index (κ2) is 4.05. The van der Waals surface area contributed by atoms with E-state index in [9.17, 15) is 8.42 Å². The molecule has 5 nitrogen and oxygen atoms in total. The van der Waals surface area contributed by atoms with Gasteiger partial charge in [-0.15, -0.1) is 0 Å². The van der Waals surface area contributed by atoms with Crippen molar-refractivity contribution in [2.24, 2.45) is 0 Å². The molecule has 1 saturated heterocycles. The summed E-state index contributed by atoms with van der Waals surface area (Å²) in [4.78, 5) is 0. The van der Waals surface area contributed by atoms with Crippen LogP contribution >= 0.6 is 0 Å². The highest BCUT2D eigenvalue weighted by Gasteiger charge is 2.25. The lowest BCUT2D eigenvalue weighted by Crippen LogP contribution is -2.40. The normalized spacial score (nSPS) is 25.4. The lowest BCUT2D eigenvalue weighted by Gasteiger charge is -2.12. The monoisotopic (exact) mass is 203 g/mol. The summed E-state index contributed by atoms with van der Waals surface area (Å²) in [6.45, 7) is 2.86. The second-order valence-corrected chi connectivity index (χ2v) is 5.16. The molecule has 0 saturated carbocycles. The van der Waals surface area contributed by atoms with Gasteiger partial charge in [0.1, 0.15) is 0 Å². The summed E-state index contributed by atoms with van der Waals surface area (Å²) in [5.74, 6) is 0. The molecule has 0 spiro atoms. The number of nitrogens with zero attached hydrogens (tertiary/aromatic N) is 1. The third-order valence-corrected chi connectivity index (χ3v) is 3.74. The van der Waals surface area contributed by atoms with Crippen molar-refractivity contribution < 1.29 is 8.42 Å². The molecule has 1 heterocycles. The molecule has 0 aromatic heterocycles. The van der Waals surface area contributed by atoms with Gasteiger partial charge in [0.05, 0.1) is 6.07 Å². The zero-order valence-corrected chi connectivity index (χ0v) is 8.26. The van der Waals surface area contributed by atoms with Crippen LogP contribution < -0.4 is 10.0 Å². The third kappa shape index (κ3) is 2.66. The standard InChI is InChI=1S/C7H13N3O2S/c1-6(4-8)13(11,12)10-7-2-3-9-5-7/h6-7,9-10H,2-3,5H2,1H3/t6?,7-/m0/s1. The maximum atomic E-state index is 11.4. The van der Waals surface area contributed by atoms with Crippen molar-refractivity contribution in [3.63, 3.8) is 0 Å². The highest BCUT2D eigenvalue weighted by atomic mass is 32.2. The van der Waals surface area contributed by atoms with E-state index in [2.05, 4.69) is 10.0 Å². The van der Waals surface area contributed by atoms with Gasteiger partial charge >= 0.3 is 0 Å². The van der Waals surface area contributed by atoms with Crippen LogP contribution in [0.3, 0.4) is 0 Å². The van der Waals surface area contributed by atoms with Gasteiger partial charge in [-0.3, -0.25) is 0 Å². The van der Waals surface area contributed by atoms with E-state index in [1.165, 1.54) is 6.92 Å². The van der Waals surface area contributed by atoms with E-state index in [4.69, 9.17) is 5.26 Å². The minimum atomic E-state index is -3.44. The molecular formula is C7H13N3O2S. The van der Waals surface area contributed by atoms with Gasteiger partial charge in [-0.1, -0.05) is 0 Å². The number of nitrogens with one attached hydrogen (secondary N) is 2. The molecule has 0 aromatic rings. The molecule has 2 atom stereocenters. The molecule has 0 bridgehead atoms. The Kier molecular flexibility index (Phi) is 3.25. The predicted octanol–water partition coefficient (Wildman–Crippen LogP) is -0.820. The summed E-state index contributed by atoms with van der Waals surface area (Å²) in [6.07, 6.45) is 0.789. The van der Waals surface area contributed by atoms with Crippen LogP contribution in [0.2, 0.25) is 0 Å². The first-order chi connectivity index (χ1) is 6.06. The Morgan fingerprint density at radius 1 is 1.69 bits per heavy atom. The van der Waals surface area contributed by atoms with Gasteiger partial charge in [0.15, 0.2) is 5.25 Å². The summed E-state index contributed by atoms with van der Waals surface area (Å²) >= 11 is 0. The number of hydrogen-bond acceptors (Lipinski definition) is 4. The number of hydrogen-bond donors (Lipinski definition) is 2. The Balaban J connectivity index is 2.57. The maximum absolute atomic E-state index is 11.4. The molecule has 0 amide bonds. The molecule has 1 aliphatic rings. The van der Waals surface area contributed by atoms with Crippen LogP contribution in [0.1, 0.15) is 13.3 Å². The Morgan fingerprint density at radius 3 is 2.85 bits per heavy atom. The van der Waals surface area contributed by atoms with Crippen LogP contribution in [0.4, 0.5) is 0 Å². The Bertz CT molecular complexity index is 300. The smallest absolute Gasteiger partial charge is 0.227 e. The quantitative estimate of drug-likeness (QED) is 0.628. The average Bonchev–Trinajstić information content (AvgIpc) is 2.54. The topological polar surface area (TPSA) is 82.0 Å². The van der Waals surface area contributed by atoms with Crippen molar-refractivity contribution >= 4 is 10.0 Å². The molecule has 6 heteroatoms. The number of rotatable bonds is 3. The van der Waals surface area contributed by atoms with Crippen molar-refractivity contribution in [2.75, 3.05) is 13.1 Å². The van der Waals surface area contributed by atoms with Crippen molar-refractivity contribution in [1.82, 2.24) is 10.0 Å². The van der Waals surface area contributed by atoms with Gasteiger partial charge in [-0.25, -0.2) is 13.1 Å². The summed E-state index contributed by atoms with van der Waals surface area (Å²) in [5, 5.41) is 10.5. The Morgan fingerprint density at radius 2 is 2.38 bits per heavy atom.